The molecule has 1 saturated heterocycles. The van der Waals surface area contributed by atoms with E-state index in [-0.39, 0.29) is 42.0 Å². The van der Waals surface area contributed by atoms with Gasteiger partial charge in [0.25, 0.3) is 11.5 Å². The van der Waals surface area contributed by atoms with Crippen LogP contribution in [0.5, 0.6) is 0 Å². The summed E-state index contributed by atoms with van der Waals surface area (Å²) >= 11 is 0. The second kappa shape index (κ2) is 9.33. The molecule has 4 rings (SSSR count). The Morgan fingerprint density at radius 2 is 2.06 bits per heavy atom. The summed E-state index contributed by atoms with van der Waals surface area (Å²) in [6, 6.07) is 2.72. The second-order valence-corrected chi connectivity index (χ2v) is 15.2. The molecule has 0 saturated carbocycles. The first kappa shape index (κ1) is 24.1. The lowest BCUT2D eigenvalue weighted by Gasteiger charge is -2.24. The number of hydrogen-bond donors (Lipinski definition) is 1. The van der Waals surface area contributed by atoms with Crippen LogP contribution in [0.1, 0.15) is 28.5 Å². The van der Waals surface area contributed by atoms with Crippen molar-refractivity contribution in [1.29, 1.82) is 0 Å². The third-order valence-corrected chi connectivity index (χ3v) is 7.48. The van der Waals surface area contributed by atoms with Gasteiger partial charge in [0.2, 0.25) is 0 Å². The first-order chi connectivity index (χ1) is 16.0. The molecule has 0 unspecified atom stereocenters. The number of nitrogens with zero attached hydrogens (tertiary/aromatic N) is 4. The highest BCUT2D eigenvalue weighted by Crippen LogP contribution is 2.36. The number of hydrogen-bond acceptors (Lipinski definition) is 5. The fourth-order valence-electron chi connectivity index (χ4n) is 4.00. The Kier molecular flexibility index (Phi) is 6.63. The third kappa shape index (κ3) is 4.92. The number of nitrogens with one attached hydrogen (secondary N) is 1. The van der Waals surface area contributed by atoms with E-state index in [0.717, 1.165) is 29.1 Å². The molecule has 0 bridgehead atoms. The number of likely N-dealkylation sites (tertiary alicyclic amines) is 1. The number of benzene rings is 1. The number of aromatic amines is 1. The van der Waals surface area contributed by atoms with E-state index in [0.29, 0.717) is 6.61 Å². The highest BCUT2D eigenvalue weighted by molar-refractivity contribution is 6.76. The molecule has 34 heavy (non-hydrogen) atoms. The molecule has 0 spiro atoms. The molecule has 12 heteroatoms. The molecule has 0 radical (unpaired) electrons. The Labute approximate surface area is 194 Å². The number of ether oxygens (including phenoxy) is 1. The zero-order chi connectivity index (χ0) is 24.6. The van der Waals surface area contributed by atoms with Gasteiger partial charge in [0.15, 0.2) is 11.3 Å². The summed E-state index contributed by atoms with van der Waals surface area (Å²) in [4.78, 5) is 33.7. The van der Waals surface area contributed by atoms with Gasteiger partial charge < -0.3 is 14.6 Å². The fraction of sp³-hybridized carbons (Fsp3) is 0.455. The molecular formula is C22H26F3N5O3Si. The number of alkyl halides is 1. The first-order valence-corrected chi connectivity index (χ1v) is 14.7. The molecule has 1 aliphatic rings. The van der Waals surface area contributed by atoms with E-state index in [1.165, 1.54) is 11.0 Å². The van der Waals surface area contributed by atoms with Crippen LogP contribution in [0.15, 0.2) is 29.3 Å². The minimum atomic E-state index is -1.44. The van der Waals surface area contributed by atoms with Crippen LogP contribution in [0.25, 0.3) is 11.0 Å². The number of halogens is 3. The SMILES string of the molecule is C[Si](C)(C)CCOCn1nc(C(=O)N2C[C@@H](F)C[C@@H]2c2cc(F)ccc2F)c2c(=O)[nH]cnc21. The Hall–Kier alpha value is -2.99. The zero-order valence-corrected chi connectivity index (χ0v) is 20.1. The van der Waals surface area contributed by atoms with Crippen molar-refractivity contribution in [2.45, 2.75) is 51.1 Å². The van der Waals surface area contributed by atoms with Crippen molar-refractivity contribution in [1.82, 2.24) is 24.6 Å². The molecule has 1 aliphatic heterocycles. The maximum atomic E-state index is 14.4. The lowest BCUT2D eigenvalue weighted by Crippen LogP contribution is -2.33. The van der Waals surface area contributed by atoms with Crippen molar-refractivity contribution >= 4 is 25.0 Å². The summed E-state index contributed by atoms with van der Waals surface area (Å²) < 4.78 is 49.6. The summed E-state index contributed by atoms with van der Waals surface area (Å²) in [5.41, 5.74) is -0.816. The third-order valence-electron chi connectivity index (χ3n) is 5.78. The van der Waals surface area contributed by atoms with E-state index >= 15 is 0 Å². The van der Waals surface area contributed by atoms with Crippen molar-refractivity contribution in [3.05, 3.63) is 57.8 Å². The molecule has 8 nitrogen and oxygen atoms in total. The largest absolute Gasteiger partial charge is 0.359 e. The normalized spacial score (nSPS) is 18.7. The van der Waals surface area contributed by atoms with Crippen molar-refractivity contribution in [2.75, 3.05) is 13.2 Å². The van der Waals surface area contributed by atoms with Gasteiger partial charge in [0, 0.05) is 26.7 Å². The van der Waals surface area contributed by atoms with Gasteiger partial charge in [0.1, 0.15) is 29.9 Å². The smallest absolute Gasteiger partial charge is 0.275 e. The Bertz CT molecular complexity index is 1270. The van der Waals surface area contributed by atoms with Crippen LogP contribution in [0.4, 0.5) is 13.2 Å². The Morgan fingerprint density at radius 3 is 2.79 bits per heavy atom. The van der Waals surface area contributed by atoms with Gasteiger partial charge in [-0.05, 0) is 24.2 Å². The van der Waals surface area contributed by atoms with Crippen LogP contribution in [0.2, 0.25) is 25.7 Å². The summed E-state index contributed by atoms with van der Waals surface area (Å²) in [5, 5.41) is 4.19. The Balaban J connectivity index is 1.68. The van der Waals surface area contributed by atoms with Crippen LogP contribution in [-0.4, -0.2) is 58.0 Å². The number of H-pyrrole nitrogens is 1. The maximum absolute atomic E-state index is 14.4. The van der Waals surface area contributed by atoms with Gasteiger partial charge in [-0.15, -0.1) is 0 Å². The molecule has 1 aromatic carbocycles. The second-order valence-electron chi connectivity index (χ2n) is 9.60. The number of carbonyl (C=O) groups is 1. The summed E-state index contributed by atoms with van der Waals surface area (Å²) in [5.74, 6) is -2.21. The van der Waals surface area contributed by atoms with Crippen LogP contribution in [0, 0.1) is 11.6 Å². The van der Waals surface area contributed by atoms with Crippen molar-refractivity contribution in [3.63, 3.8) is 0 Å². The molecule has 1 fully saturated rings. The minimum absolute atomic E-state index is 0.0294. The van der Waals surface area contributed by atoms with Crippen molar-refractivity contribution in [2.24, 2.45) is 0 Å². The van der Waals surface area contributed by atoms with Crippen molar-refractivity contribution in [3.8, 4) is 0 Å². The average Bonchev–Trinajstić information content (AvgIpc) is 3.33. The predicted molar refractivity (Wildman–Crippen MR) is 122 cm³/mol. The molecule has 2 atom stereocenters. The highest BCUT2D eigenvalue weighted by Gasteiger charge is 2.40. The number of fused-ring (bicyclic) bond motifs is 1. The lowest BCUT2D eigenvalue weighted by molar-refractivity contribution is 0.0702. The van der Waals surface area contributed by atoms with E-state index in [1.54, 1.807) is 0 Å². The summed E-state index contributed by atoms with van der Waals surface area (Å²) in [6.07, 6.45) is -0.442. The lowest BCUT2D eigenvalue weighted by atomic mass is 10.0. The highest BCUT2D eigenvalue weighted by atomic mass is 28.3. The quantitative estimate of drug-likeness (QED) is 0.401. The predicted octanol–water partition coefficient (Wildman–Crippen LogP) is 3.64. The molecule has 3 heterocycles. The molecule has 1 N–H and O–H groups in total. The fourth-order valence-corrected chi connectivity index (χ4v) is 4.75. The average molecular weight is 494 g/mol. The molecule has 0 aliphatic carbocycles. The van der Waals surface area contributed by atoms with E-state index in [9.17, 15) is 22.8 Å². The van der Waals surface area contributed by atoms with Crippen LogP contribution in [-0.2, 0) is 11.5 Å². The molecule has 1 amide bonds. The molecule has 3 aromatic rings. The van der Waals surface area contributed by atoms with Gasteiger partial charge in [-0.25, -0.2) is 22.8 Å². The van der Waals surface area contributed by atoms with Gasteiger partial charge >= 0.3 is 0 Å². The Morgan fingerprint density at radius 1 is 1.29 bits per heavy atom. The number of carbonyl (C=O) groups excluding carboxylic acids is 1. The standard InChI is InChI=1S/C22H26F3N5O3Si/c1-34(2,3)7-6-33-12-30-20-18(21(31)27-11-26-20)19(28-30)22(32)29-10-14(24)9-17(29)15-8-13(23)4-5-16(15)25/h4-5,8,11,14,17H,6-7,9-10,12H2,1-3H3,(H,26,27,31)/t14-,17+/m0/s1. The maximum Gasteiger partial charge on any atom is 0.275 e. The van der Waals surface area contributed by atoms with Crippen LogP contribution < -0.4 is 5.56 Å². The minimum Gasteiger partial charge on any atom is -0.359 e. The number of rotatable bonds is 7. The van der Waals surface area contributed by atoms with Crippen LogP contribution in [0.3, 0.4) is 0 Å². The summed E-state index contributed by atoms with van der Waals surface area (Å²) in [7, 11) is -1.32. The van der Waals surface area contributed by atoms with E-state index in [2.05, 4.69) is 34.7 Å². The molecule has 182 valence electrons. The molecular weight excluding hydrogens is 467 g/mol. The number of amides is 1. The monoisotopic (exact) mass is 493 g/mol. The van der Waals surface area contributed by atoms with Crippen molar-refractivity contribution < 1.29 is 22.7 Å². The topological polar surface area (TPSA) is 93.1 Å². The van der Waals surface area contributed by atoms with E-state index < -0.39 is 43.4 Å². The van der Waals surface area contributed by atoms with Gasteiger partial charge in [0.05, 0.1) is 18.9 Å². The van der Waals surface area contributed by atoms with Gasteiger partial charge in [-0.2, -0.15) is 5.10 Å². The van der Waals surface area contributed by atoms with Gasteiger partial charge in [-0.3, -0.25) is 9.59 Å². The number of aromatic nitrogens is 4. The van der Waals surface area contributed by atoms with Gasteiger partial charge in [-0.1, -0.05) is 19.6 Å². The summed E-state index contributed by atoms with van der Waals surface area (Å²) in [6.45, 7) is 6.76. The first-order valence-electron chi connectivity index (χ1n) is 11.0. The van der Waals surface area contributed by atoms with E-state index in [1.807, 2.05) is 0 Å². The van der Waals surface area contributed by atoms with Crippen LogP contribution >= 0.6 is 0 Å². The van der Waals surface area contributed by atoms with E-state index in [4.69, 9.17) is 4.74 Å². The molecule has 2 aromatic heterocycles. The zero-order valence-electron chi connectivity index (χ0n) is 19.1.